The first-order chi connectivity index (χ1) is 10.1. The molecular formula is C18H19N3+2. The van der Waals surface area contributed by atoms with Gasteiger partial charge in [-0.1, -0.05) is 0 Å². The van der Waals surface area contributed by atoms with Gasteiger partial charge in [0, 0.05) is 22.9 Å². The van der Waals surface area contributed by atoms with Crippen molar-refractivity contribution in [2.75, 3.05) is 0 Å². The van der Waals surface area contributed by atoms with Crippen molar-refractivity contribution in [3.8, 4) is 0 Å². The molecule has 0 saturated heterocycles. The van der Waals surface area contributed by atoms with Crippen molar-refractivity contribution in [2.45, 2.75) is 13.8 Å². The van der Waals surface area contributed by atoms with E-state index >= 15 is 0 Å². The summed E-state index contributed by atoms with van der Waals surface area (Å²) < 4.78 is 4.23. The Morgan fingerprint density at radius 1 is 0.810 bits per heavy atom. The number of aromatic nitrogens is 3. The molecule has 3 aromatic heterocycles. The zero-order chi connectivity index (χ0) is 14.7. The molecular weight excluding hydrogens is 258 g/mol. The fourth-order valence-electron chi connectivity index (χ4n) is 3.40. The predicted molar refractivity (Wildman–Crippen MR) is 85.1 cm³/mol. The lowest BCUT2D eigenvalue weighted by molar-refractivity contribution is -0.670. The minimum atomic E-state index is 1.20. The maximum atomic E-state index is 3.60. The molecule has 1 N–H and O–H groups in total. The van der Waals surface area contributed by atoms with Crippen molar-refractivity contribution in [3.63, 3.8) is 0 Å². The second-order valence-corrected chi connectivity index (χ2v) is 6.00. The highest BCUT2D eigenvalue weighted by atomic mass is 14.9. The van der Waals surface area contributed by atoms with Crippen molar-refractivity contribution in [2.24, 2.45) is 14.1 Å². The third-order valence-electron chi connectivity index (χ3n) is 4.54. The van der Waals surface area contributed by atoms with E-state index in [1.165, 1.54) is 43.7 Å². The maximum absolute atomic E-state index is 3.60. The Morgan fingerprint density at radius 2 is 1.48 bits per heavy atom. The van der Waals surface area contributed by atoms with Gasteiger partial charge in [0.1, 0.15) is 14.1 Å². The molecule has 3 nitrogen and oxygen atoms in total. The number of fused-ring (bicyclic) bond motifs is 4. The van der Waals surface area contributed by atoms with Gasteiger partial charge in [-0.3, -0.25) is 0 Å². The van der Waals surface area contributed by atoms with Crippen LogP contribution in [-0.4, -0.2) is 4.98 Å². The molecule has 0 saturated carbocycles. The van der Waals surface area contributed by atoms with Gasteiger partial charge in [0.15, 0.2) is 24.8 Å². The quantitative estimate of drug-likeness (QED) is 0.478. The lowest BCUT2D eigenvalue weighted by Crippen LogP contribution is -2.26. The number of pyridine rings is 2. The van der Waals surface area contributed by atoms with E-state index in [-0.39, 0.29) is 0 Å². The molecule has 0 spiro atoms. The van der Waals surface area contributed by atoms with Crippen LogP contribution in [0.5, 0.6) is 0 Å². The Kier molecular flexibility index (Phi) is 2.37. The lowest BCUT2D eigenvalue weighted by atomic mass is 9.97. The zero-order valence-electron chi connectivity index (χ0n) is 12.9. The van der Waals surface area contributed by atoms with Crippen LogP contribution in [0.1, 0.15) is 11.1 Å². The summed E-state index contributed by atoms with van der Waals surface area (Å²) in [5, 5.41) is 5.30. The molecule has 104 valence electrons. The summed E-state index contributed by atoms with van der Waals surface area (Å²) in [6.07, 6.45) is 8.62. The number of benzene rings is 1. The fourth-order valence-corrected chi connectivity index (χ4v) is 3.40. The molecule has 0 unspecified atom stereocenters. The van der Waals surface area contributed by atoms with E-state index < -0.39 is 0 Å². The van der Waals surface area contributed by atoms with E-state index in [9.17, 15) is 0 Å². The van der Waals surface area contributed by atoms with Crippen molar-refractivity contribution >= 4 is 32.6 Å². The lowest BCUT2D eigenvalue weighted by Gasteiger charge is -2.07. The van der Waals surface area contributed by atoms with Gasteiger partial charge in [0.2, 0.25) is 0 Å². The molecule has 4 rings (SSSR count). The SMILES string of the molecule is Cc1c2cc[n+](C)cc2c(C)c2c1[nH]c1cc[n+](C)cc12. The molecule has 0 aliphatic carbocycles. The van der Waals surface area contributed by atoms with E-state index in [4.69, 9.17) is 0 Å². The van der Waals surface area contributed by atoms with E-state index in [0.29, 0.717) is 0 Å². The zero-order valence-corrected chi connectivity index (χ0v) is 12.9. The molecule has 0 atom stereocenters. The average Bonchev–Trinajstić information content (AvgIpc) is 2.83. The number of aromatic amines is 1. The number of H-pyrrole nitrogens is 1. The summed E-state index contributed by atoms with van der Waals surface area (Å²) in [5.74, 6) is 0. The number of aryl methyl sites for hydroxylation is 4. The first-order valence-electron chi connectivity index (χ1n) is 7.25. The van der Waals surface area contributed by atoms with Crippen molar-refractivity contribution in [1.82, 2.24) is 4.98 Å². The van der Waals surface area contributed by atoms with Gasteiger partial charge in [0.25, 0.3) is 0 Å². The van der Waals surface area contributed by atoms with E-state index in [1.54, 1.807) is 0 Å². The highest BCUT2D eigenvalue weighted by Crippen LogP contribution is 2.35. The summed E-state index contributed by atoms with van der Waals surface area (Å²) in [6, 6.07) is 4.36. The Morgan fingerprint density at radius 3 is 2.24 bits per heavy atom. The van der Waals surface area contributed by atoms with Gasteiger partial charge >= 0.3 is 0 Å². The van der Waals surface area contributed by atoms with Gasteiger partial charge in [-0.15, -0.1) is 0 Å². The second-order valence-electron chi connectivity index (χ2n) is 6.00. The van der Waals surface area contributed by atoms with Gasteiger partial charge in [-0.05, 0) is 30.4 Å². The molecule has 0 aliphatic heterocycles. The van der Waals surface area contributed by atoms with E-state index in [2.05, 4.69) is 79.0 Å². The number of rotatable bonds is 0. The number of nitrogens with one attached hydrogen (secondary N) is 1. The largest absolute Gasteiger partial charge is 0.354 e. The van der Waals surface area contributed by atoms with Crippen molar-refractivity contribution in [3.05, 3.63) is 48.0 Å². The first-order valence-corrected chi connectivity index (χ1v) is 7.25. The van der Waals surface area contributed by atoms with Crippen molar-refractivity contribution in [1.29, 1.82) is 0 Å². The smallest absolute Gasteiger partial charge is 0.178 e. The summed E-state index contributed by atoms with van der Waals surface area (Å²) in [4.78, 5) is 3.60. The third kappa shape index (κ3) is 1.60. The normalized spacial score (nSPS) is 11.8. The van der Waals surface area contributed by atoms with Crippen LogP contribution in [-0.2, 0) is 14.1 Å². The molecule has 0 amide bonds. The summed E-state index contributed by atoms with van der Waals surface area (Å²) in [5.41, 5.74) is 5.13. The minimum absolute atomic E-state index is 1.20. The standard InChI is InChI=1S/C18H18N3/c1-11-14-9-20(3)7-5-13(14)12(2)18-17(11)15-10-21(4)8-6-16(15)19-18/h5-10H,1-4H3/q+1/p+1. The van der Waals surface area contributed by atoms with Gasteiger partial charge in [-0.2, -0.15) is 0 Å². The van der Waals surface area contributed by atoms with Crippen molar-refractivity contribution < 1.29 is 9.13 Å². The molecule has 1 aromatic carbocycles. The van der Waals surface area contributed by atoms with Crippen LogP contribution in [0.3, 0.4) is 0 Å². The van der Waals surface area contributed by atoms with Crippen LogP contribution < -0.4 is 9.13 Å². The number of hydrogen-bond acceptors (Lipinski definition) is 0. The van der Waals surface area contributed by atoms with Crippen LogP contribution in [0.2, 0.25) is 0 Å². The van der Waals surface area contributed by atoms with Gasteiger partial charge in [-0.25, -0.2) is 9.13 Å². The monoisotopic (exact) mass is 277 g/mol. The fraction of sp³-hybridized carbons (Fsp3) is 0.222. The molecule has 21 heavy (non-hydrogen) atoms. The Balaban J connectivity index is 2.34. The van der Waals surface area contributed by atoms with Crippen LogP contribution in [0.4, 0.5) is 0 Å². The molecule has 3 heteroatoms. The number of nitrogens with zero attached hydrogens (tertiary/aromatic N) is 2. The average molecular weight is 277 g/mol. The Hall–Kier alpha value is -2.42. The molecule has 0 fully saturated rings. The Labute approximate surface area is 123 Å². The minimum Gasteiger partial charge on any atom is -0.354 e. The van der Waals surface area contributed by atoms with Gasteiger partial charge in [0.05, 0.1) is 16.4 Å². The summed E-state index contributed by atoms with van der Waals surface area (Å²) >= 11 is 0. The third-order valence-corrected chi connectivity index (χ3v) is 4.54. The van der Waals surface area contributed by atoms with Crippen LogP contribution in [0.15, 0.2) is 36.9 Å². The molecule has 0 aliphatic rings. The van der Waals surface area contributed by atoms with E-state index in [0.717, 1.165) is 0 Å². The summed E-state index contributed by atoms with van der Waals surface area (Å²) in [7, 11) is 4.15. The molecule has 0 bridgehead atoms. The first kappa shape index (κ1) is 12.3. The topological polar surface area (TPSA) is 23.5 Å². The second kappa shape index (κ2) is 4.04. The predicted octanol–water partition coefficient (Wildman–Crippen LogP) is 2.74. The highest BCUT2D eigenvalue weighted by Gasteiger charge is 2.17. The molecule has 3 heterocycles. The maximum Gasteiger partial charge on any atom is 0.178 e. The number of hydrogen-bond donors (Lipinski definition) is 1. The Bertz CT molecular complexity index is 1030. The molecule has 0 radical (unpaired) electrons. The molecule has 4 aromatic rings. The van der Waals surface area contributed by atoms with Crippen LogP contribution >= 0.6 is 0 Å². The summed E-state index contributed by atoms with van der Waals surface area (Å²) in [6.45, 7) is 4.43. The highest BCUT2D eigenvalue weighted by molar-refractivity contribution is 6.15. The van der Waals surface area contributed by atoms with Gasteiger partial charge < -0.3 is 4.98 Å². The van der Waals surface area contributed by atoms with Crippen LogP contribution in [0, 0.1) is 13.8 Å². The van der Waals surface area contributed by atoms with Crippen LogP contribution in [0.25, 0.3) is 32.6 Å². The van der Waals surface area contributed by atoms with E-state index in [1.807, 2.05) is 0 Å².